The van der Waals surface area contributed by atoms with E-state index in [0.29, 0.717) is 34.7 Å². The van der Waals surface area contributed by atoms with Gasteiger partial charge in [0.25, 0.3) is 0 Å². The van der Waals surface area contributed by atoms with Crippen LogP contribution in [-0.4, -0.2) is 33.9 Å². The van der Waals surface area contributed by atoms with Crippen molar-refractivity contribution in [3.05, 3.63) is 29.5 Å². The number of hydrogen-bond acceptors (Lipinski definition) is 5. The molecule has 1 fully saturated rings. The summed E-state index contributed by atoms with van der Waals surface area (Å²) in [5.41, 5.74) is 7.63. The number of carbonyl (C=O) groups is 1. The Bertz CT molecular complexity index is 783. The lowest BCUT2D eigenvalue weighted by molar-refractivity contribution is 0.0696. The van der Waals surface area contributed by atoms with E-state index in [1.807, 2.05) is 25.1 Å². The van der Waals surface area contributed by atoms with Crippen molar-refractivity contribution in [3.8, 4) is 5.75 Å². The van der Waals surface area contributed by atoms with E-state index in [0.717, 1.165) is 25.7 Å². The number of benzene rings is 1. The molecule has 2 aromatic rings. The summed E-state index contributed by atoms with van der Waals surface area (Å²) in [6, 6.07) is 5.49. The zero-order chi connectivity index (χ0) is 18.0. The van der Waals surface area contributed by atoms with Crippen LogP contribution >= 0.6 is 0 Å². The standard InChI is InChI=1S/C19H24N2O4/c1-2-13-17(19(23)24)18(20)16-14(21-13)4-3-5-15(16)25-12-8-6-11(10-22)7-9-12/h3-5,11-12,22H,2,6-10H2,1H3,(H2,20,21)(H,23,24). The molecule has 6 nitrogen and oxygen atoms in total. The second-order valence-electron chi connectivity index (χ2n) is 6.60. The Hall–Kier alpha value is -2.34. The molecule has 6 heteroatoms. The molecule has 3 rings (SSSR count). The van der Waals surface area contributed by atoms with Gasteiger partial charge in [-0.05, 0) is 50.2 Å². The molecule has 1 aromatic carbocycles. The lowest BCUT2D eigenvalue weighted by Gasteiger charge is -2.28. The van der Waals surface area contributed by atoms with Crippen LogP contribution in [0.15, 0.2) is 18.2 Å². The van der Waals surface area contributed by atoms with E-state index < -0.39 is 5.97 Å². The van der Waals surface area contributed by atoms with Crippen molar-refractivity contribution in [3.63, 3.8) is 0 Å². The third-order valence-electron chi connectivity index (χ3n) is 4.98. The van der Waals surface area contributed by atoms with Crippen molar-refractivity contribution in [1.82, 2.24) is 4.98 Å². The molecule has 0 saturated heterocycles. The number of carboxylic acid groups (broad SMARTS) is 1. The van der Waals surface area contributed by atoms with Crippen LogP contribution in [0.1, 0.15) is 48.7 Å². The van der Waals surface area contributed by atoms with Crippen LogP contribution in [0, 0.1) is 5.92 Å². The maximum atomic E-state index is 11.6. The average Bonchev–Trinajstić information content (AvgIpc) is 2.61. The predicted molar refractivity (Wildman–Crippen MR) is 96.0 cm³/mol. The van der Waals surface area contributed by atoms with Gasteiger partial charge in [0.1, 0.15) is 11.3 Å². The SMILES string of the molecule is CCc1nc2cccc(OC3CCC(CO)CC3)c2c(N)c1C(=O)O. The molecule has 1 saturated carbocycles. The van der Waals surface area contributed by atoms with Gasteiger partial charge in [0.2, 0.25) is 0 Å². The number of aromatic carboxylic acids is 1. The number of aromatic nitrogens is 1. The quantitative estimate of drug-likeness (QED) is 0.770. The number of aliphatic hydroxyl groups excluding tert-OH is 1. The van der Waals surface area contributed by atoms with Crippen LogP contribution in [0.2, 0.25) is 0 Å². The van der Waals surface area contributed by atoms with E-state index >= 15 is 0 Å². The van der Waals surface area contributed by atoms with Crippen molar-refractivity contribution < 1.29 is 19.7 Å². The number of aliphatic hydroxyl groups is 1. The number of ether oxygens (including phenoxy) is 1. The van der Waals surface area contributed by atoms with E-state index in [1.54, 1.807) is 0 Å². The monoisotopic (exact) mass is 344 g/mol. The van der Waals surface area contributed by atoms with Crippen LogP contribution in [0.25, 0.3) is 10.9 Å². The highest BCUT2D eigenvalue weighted by Crippen LogP contribution is 2.36. The summed E-state index contributed by atoms with van der Waals surface area (Å²) >= 11 is 0. The van der Waals surface area contributed by atoms with Crippen molar-refractivity contribution >= 4 is 22.6 Å². The van der Waals surface area contributed by atoms with Crippen LogP contribution in [0.5, 0.6) is 5.75 Å². The van der Waals surface area contributed by atoms with Gasteiger partial charge in [0, 0.05) is 6.61 Å². The van der Waals surface area contributed by atoms with Gasteiger partial charge in [-0.2, -0.15) is 0 Å². The minimum Gasteiger partial charge on any atom is -0.490 e. The van der Waals surface area contributed by atoms with Crippen LogP contribution in [0.4, 0.5) is 5.69 Å². The molecule has 1 heterocycles. The smallest absolute Gasteiger partial charge is 0.339 e. The molecule has 0 radical (unpaired) electrons. The molecule has 1 aliphatic carbocycles. The van der Waals surface area contributed by atoms with Gasteiger partial charge in [-0.3, -0.25) is 4.98 Å². The first-order chi connectivity index (χ1) is 12.0. The zero-order valence-corrected chi connectivity index (χ0v) is 14.4. The lowest BCUT2D eigenvalue weighted by Crippen LogP contribution is -2.25. The Morgan fingerprint density at radius 3 is 2.64 bits per heavy atom. The van der Waals surface area contributed by atoms with Crippen LogP contribution in [0.3, 0.4) is 0 Å². The number of anilines is 1. The molecule has 0 unspecified atom stereocenters. The van der Waals surface area contributed by atoms with E-state index in [-0.39, 0.29) is 24.0 Å². The number of hydrogen-bond donors (Lipinski definition) is 3. The topological polar surface area (TPSA) is 106 Å². The Morgan fingerprint density at radius 1 is 1.32 bits per heavy atom. The second-order valence-corrected chi connectivity index (χ2v) is 6.60. The van der Waals surface area contributed by atoms with Crippen molar-refractivity contribution in [2.45, 2.75) is 45.1 Å². The molecule has 1 aliphatic rings. The minimum absolute atomic E-state index is 0.0481. The lowest BCUT2D eigenvalue weighted by atomic mass is 9.88. The van der Waals surface area contributed by atoms with Gasteiger partial charge in [0.15, 0.2) is 0 Å². The van der Waals surface area contributed by atoms with Gasteiger partial charge in [0.05, 0.1) is 28.4 Å². The third-order valence-corrected chi connectivity index (χ3v) is 4.98. The number of fused-ring (bicyclic) bond motifs is 1. The van der Waals surface area contributed by atoms with Crippen LogP contribution in [-0.2, 0) is 6.42 Å². The van der Waals surface area contributed by atoms with Gasteiger partial charge in [-0.15, -0.1) is 0 Å². The fraction of sp³-hybridized carbons (Fsp3) is 0.474. The normalized spacial score (nSPS) is 20.6. The average molecular weight is 344 g/mol. The van der Waals surface area contributed by atoms with Crippen molar-refractivity contribution in [1.29, 1.82) is 0 Å². The molecular formula is C19H24N2O4. The number of rotatable bonds is 5. The maximum absolute atomic E-state index is 11.6. The fourth-order valence-electron chi connectivity index (χ4n) is 3.57. The summed E-state index contributed by atoms with van der Waals surface area (Å²) in [5, 5.41) is 19.3. The molecule has 0 bridgehead atoms. The number of pyridine rings is 1. The van der Waals surface area contributed by atoms with Crippen LogP contribution < -0.4 is 10.5 Å². The second kappa shape index (κ2) is 7.27. The predicted octanol–water partition coefficient (Wildman–Crippen LogP) is 3.01. The van der Waals surface area contributed by atoms with E-state index in [9.17, 15) is 15.0 Å². The summed E-state index contributed by atoms with van der Waals surface area (Å²) in [7, 11) is 0. The van der Waals surface area contributed by atoms with Crippen molar-refractivity contribution in [2.75, 3.05) is 12.3 Å². The fourth-order valence-corrected chi connectivity index (χ4v) is 3.57. The first-order valence-corrected chi connectivity index (χ1v) is 8.77. The largest absolute Gasteiger partial charge is 0.490 e. The molecule has 4 N–H and O–H groups in total. The summed E-state index contributed by atoms with van der Waals surface area (Å²) in [6.07, 6.45) is 4.14. The molecule has 25 heavy (non-hydrogen) atoms. The minimum atomic E-state index is -1.07. The number of aryl methyl sites for hydroxylation is 1. The summed E-state index contributed by atoms with van der Waals surface area (Å²) < 4.78 is 6.16. The molecule has 134 valence electrons. The third kappa shape index (κ3) is 3.39. The first kappa shape index (κ1) is 17.5. The summed E-state index contributed by atoms with van der Waals surface area (Å²) in [5.74, 6) is -0.132. The van der Waals surface area contributed by atoms with E-state index in [4.69, 9.17) is 10.5 Å². The molecule has 0 spiro atoms. The number of carboxylic acids is 1. The number of nitrogen functional groups attached to an aromatic ring is 1. The first-order valence-electron chi connectivity index (χ1n) is 8.77. The molecule has 1 aromatic heterocycles. The molecule has 0 aliphatic heterocycles. The summed E-state index contributed by atoms with van der Waals surface area (Å²) in [6.45, 7) is 2.08. The highest BCUT2D eigenvalue weighted by molar-refractivity contribution is 6.06. The van der Waals surface area contributed by atoms with E-state index in [2.05, 4.69) is 4.98 Å². The Balaban J connectivity index is 1.99. The number of nitrogens with two attached hydrogens (primary N) is 1. The van der Waals surface area contributed by atoms with E-state index in [1.165, 1.54) is 0 Å². The number of nitrogens with zero attached hydrogens (tertiary/aromatic N) is 1. The zero-order valence-electron chi connectivity index (χ0n) is 14.4. The Morgan fingerprint density at radius 2 is 2.04 bits per heavy atom. The molecule has 0 amide bonds. The Labute approximate surface area is 146 Å². The summed E-state index contributed by atoms with van der Waals surface area (Å²) in [4.78, 5) is 16.1. The van der Waals surface area contributed by atoms with Gasteiger partial charge < -0.3 is 20.7 Å². The van der Waals surface area contributed by atoms with Crippen molar-refractivity contribution in [2.24, 2.45) is 5.92 Å². The molecular weight excluding hydrogens is 320 g/mol. The Kier molecular flexibility index (Phi) is 5.08. The van der Waals surface area contributed by atoms with Gasteiger partial charge >= 0.3 is 5.97 Å². The maximum Gasteiger partial charge on any atom is 0.339 e. The highest BCUT2D eigenvalue weighted by atomic mass is 16.5. The molecule has 0 atom stereocenters. The van der Waals surface area contributed by atoms with Gasteiger partial charge in [-0.1, -0.05) is 13.0 Å². The highest BCUT2D eigenvalue weighted by Gasteiger charge is 2.24. The van der Waals surface area contributed by atoms with Gasteiger partial charge in [-0.25, -0.2) is 4.79 Å².